The number of carbonyl (C=O) groups is 1. The van der Waals surface area contributed by atoms with Gasteiger partial charge in [-0.2, -0.15) is 0 Å². The number of aliphatic hydroxyl groups is 1. The highest BCUT2D eigenvalue weighted by atomic mass is 16.5. The minimum atomic E-state index is -1.11. The molecular weight excluding hydrogens is 418 g/mol. The molecule has 33 heavy (non-hydrogen) atoms. The molecule has 172 valence electrons. The molecule has 0 saturated carbocycles. The number of nitrogens with two attached hydrogens (primary N) is 2. The molecule has 1 fully saturated rings. The fourth-order valence-corrected chi connectivity index (χ4v) is 4.32. The van der Waals surface area contributed by atoms with Gasteiger partial charge in [-0.3, -0.25) is 9.78 Å². The number of benzene rings is 1. The summed E-state index contributed by atoms with van der Waals surface area (Å²) in [5.41, 5.74) is 14.3. The third-order valence-corrected chi connectivity index (χ3v) is 6.34. The van der Waals surface area contributed by atoms with Crippen LogP contribution in [0, 0.1) is 0 Å². The van der Waals surface area contributed by atoms with Crippen molar-refractivity contribution in [1.82, 2.24) is 15.0 Å². The van der Waals surface area contributed by atoms with Crippen molar-refractivity contribution < 1.29 is 14.6 Å². The molecule has 0 aliphatic carbocycles. The van der Waals surface area contributed by atoms with E-state index >= 15 is 0 Å². The van der Waals surface area contributed by atoms with Crippen molar-refractivity contribution >= 4 is 11.6 Å². The Morgan fingerprint density at radius 1 is 1.24 bits per heavy atom. The van der Waals surface area contributed by atoms with Crippen LogP contribution in [0.25, 0.3) is 11.3 Å². The van der Waals surface area contributed by atoms with E-state index in [0.29, 0.717) is 24.1 Å². The average Bonchev–Trinajstić information content (AvgIpc) is 2.82. The van der Waals surface area contributed by atoms with Gasteiger partial charge in [0.15, 0.2) is 11.6 Å². The van der Waals surface area contributed by atoms with Crippen molar-refractivity contribution in [2.75, 3.05) is 5.73 Å². The van der Waals surface area contributed by atoms with E-state index in [-0.39, 0.29) is 29.8 Å². The van der Waals surface area contributed by atoms with Gasteiger partial charge in [-0.25, -0.2) is 9.97 Å². The van der Waals surface area contributed by atoms with Gasteiger partial charge in [-0.1, -0.05) is 37.3 Å². The summed E-state index contributed by atoms with van der Waals surface area (Å²) in [6.45, 7) is 3.66. The SMILES string of the molecule is CC[C@@H]1O[C@H](c2ccncc2CC(=O)c2nc(-c3ccccc3)cnc2N)C[C@H](N)[C@@]1(C)O. The Morgan fingerprint density at radius 3 is 2.73 bits per heavy atom. The van der Waals surface area contributed by atoms with E-state index in [1.54, 1.807) is 25.5 Å². The van der Waals surface area contributed by atoms with Crippen LogP contribution in [0.5, 0.6) is 0 Å². The van der Waals surface area contributed by atoms with Crippen LogP contribution in [0.3, 0.4) is 0 Å². The molecule has 0 radical (unpaired) electrons. The number of rotatable bonds is 6. The summed E-state index contributed by atoms with van der Waals surface area (Å²) in [6.07, 6.45) is 5.21. The van der Waals surface area contributed by atoms with Crippen molar-refractivity contribution in [3.05, 3.63) is 71.8 Å². The highest BCUT2D eigenvalue weighted by molar-refractivity contribution is 5.99. The van der Waals surface area contributed by atoms with Gasteiger partial charge in [0.1, 0.15) is 11.3 Å². The molecular formula is C25H29N5O3. The molecule has 2 aromatic heterocycles. The Morgan fingerprint density at radius 2 is 2.00 bits per heavy atom. The molecule has 0 bridgehead atoms. The predicted molar refractivity (Wildman–Crippen MR) is 125 cm³/mol. The molecule has 0 unspecified atom stereocenters. The van der Waals surface area contributed by atoms with Crippen molar-refractivity contribution in [3.8, 4) is 11.3 Å². The zero-order chi connectivity index (χ0) is 23.6. The number of anilines is 1. The van der Waals surface area contributed by atoms with Crippen LogP contribution in [-0.2, 0) is 11.2 Å². The molecule has 1 aliphatic heterocycles. The number of nitrogens with zero attached hydrogens (tertiary/aromatic N) is 3. The summed E-state index contributed by atoms with van der Waals surface area (Å²) in [6, 6.07) is 10.9. The standard InChI is InChI=1S/C25H29N5O3/c1-3-22-25(2,32)21(26)12-20(33-22)17-9-10-28-13-16(17)11-19(31)23-24(27)29-14-18(30-23)15-7-5-4-6-8-15/h4-10,13-14,20-22,32H,3,11-12,26H2,1-2H3,(H2,27,29)/t20-,21-,22-,25+/m0/s1. The van der Waals surface area contributed by atoms with Crippen LogP contribution in [0.1, 0.15) is 54.4 Å². The van der Waals surface area contributed by atoms with E-state index in [9.17, 15) is 9.90 Å². The lowest BCUT2D eigenvalue weighted by Crippen LogP contribution is -2.59. The minimum Gasteiger partial charge on any atom is -0.386 e. The zero-order valence-electron chi connectivity index (χ0n) is 18.8. The first-order chi connectivity index (χ1) is 15.8. The fraction of sp³-hybridized carbons (Fsp3) is 0.360. The molecule has 3 aromatic rings. The number of aromatic nitrogens is 3. The van der Waals surface area contributed by atoms with E-state index in [2.05, 4.69) is 15.0 Å². The Labute approximate surface area is 193 Å². The van der Waals surface area contributed by atoms with Crippen molar-refractivity contribution in [1.29, 1.82) is 0 Å². The molecule has 1 aliphatic rings. The van der Waals surface area contributed by atoms with E-state index < -0.39 is 17.7 Å². The minimum absolute atomic E-state index is 0.0442. The fourth-order valence-electron chi connectivity index (χ4n) is 4.32. The highest BCUT2D eigenvalue weighted by Crippen LogP contribution is 2.38. The maximum absolute atomic E-state index is 13.2. The van der Waals surface area contributed by atoms with Gasteiger partial charge in [0, 0.05) is 30.4 Å². The Bertz CT molecular complexity index is 1140. The number of pyridine rings is 1. The van der Waals surface area contributed by atoms with E-state index in [1.165, 1.54) is 0 Å². The number of Topliss-reactive ketones (excluding diaryl/α,β-unsaturated/α-hetero) is 1. The Kier molecular flexibility index (Phi) is 6.51. The monoisotopic (exact) mass is 447 g/mol. The van der Waals surface area contributed by atoms with Crippen molar-refractivity contribution in [2.45, 2.75) is 57.0 Å². The molecule has 0 amide bonds. The van der Waals surface area contributed by atoms with Crippen LogP contribution in [0.2, 0.25) is 0 Å². The molecule has 8 nitrogen and oxygen atoms in total. The van der Waals surface area contributed by atoms with E-state index in [1.807, 2.05) is 43.3 Å². The smallest absolute Gasteiger partial charge is 0.189 e. The van der Waals surface area contributed by atoms with Gasteiger partial charge >= 0.3 is 0 Å². The summed E-state index contributed by atoms with van der Waals surface area (Å²) in [5.74, 6) is -0.172. The predicted octanol–water partition coefficient (Wildman–Crippen LogP) is 2.86. The van der Waals surface area contributed by atoms with Crippen LogP contribution < -0.4 is 11.5 Å². The maximum atomic E-state index is 13.2. The van der Waals surface area contributed by atoms with Crippen molar-refractivity contribution in [3.63, 3.8) is 0 Å². The topological polar surface area (TPSA) is 137 Å². The lowest BCUT2D eigenvalue weighted by molar-refractivity contribution is -0.179. The maximum Gasteiger partial charge on any atom is 0.189 e. The van der Waals surface area contributed by atoms with Crippen molar-refractivity contribution in [2.24, 2.45) is 5.73 Å². The first-order valence-electron chi connectivity index (χ1n) is 11.1. The molecule has 5 N–H and O–H groups in total. The van der Waals surface area contributed by atoms with Gasteiger partial charge in [-0.05, 0) is 37.0 Å². The van der Waals surface area contributed by atoms with Gasteiger partial charge in [0.05, 0.1) is 24.1 Å². The van der Waals surface area contributed by atoms with Gasteiger partial charge in [-0.15, -0.1) is 0 Å². The number of ether oxygens (including phenoxy) is 1. The lowest BCUT2D eigenvalue weighted by Gasteiger charge is -2.45. The third-order valence-electron chi connectivity index (χ3n) is 6.34. The molecule has 4 atom stereocenters. The van der Waals surface area contributed by atoms with Crippen LogP contribution >= 0.6 is 0 Å². The molecule has 3 heterocycles. The molecule has 1 saturated heterocycles. The number of hydrogen-bond donors (Lipinski definition) is 3. The van der Waals surface area contributed by atoms with Crippen LogP contribution in [0.4, 0.5) is 5.82 Å². The summed E-state index contributed by atoms with van der Waals surface area (Å²) in [5, 5.41) is 10.7. The van der Waals surface area contributed by atoms with Gasteiger partial charge < -0.3 is 21.3 Å². The Balaban J connectivity index is 1.61. The molecule has 0 spiro atoms. The third kappa shape index (κ3) is 4.64. The van der Waals surface area contributed by atoms with Gasteiger partial charge in [0.2, 0.25) is 0 Å². The summed E-state index contributed by atoms with van der Waals surface area (Å²) in [7, 11) is 0. The average molecular weight is 448 g/mol. The summed E-state index contributed by atoms with van der Waals surface area (Å²) >= 11 is 0. The van der Waals surface area contributed by atoms with Gasteiger partial charge in [0.25, 0.3) is 0 Å². The Hall–Kier alpha value is -3.20. The molecule has 8 heteroatoms. The number of carbonyl (C=O) groups excluding carboxylic acids is 1. The summed E-state index contributed by atoms with van der Waals surface area (Å²) < 4.78 is 6.21. The highest BCUT2D eigenvalue weighted by Gasteiger charge is 2.45. The molecule has 1 aromatic carbocycles. The number of ketones is 1. The van der Waals surface area contributed by atoms with Crippen LogP contribution in [0.15, 0.2) is 55.0 Å². The van der Waals surface area contributed by atoms with E-state index in [4.69, 9.17) is 16.2 Å². The number of nitrogen functional groups attached to an aromatic ring is 1. The molecule has 4 rings (SSSR count). The van der Waals surface area contributed by atoms with E-state index in [0.717, 1.165) is 11.1 Å². The quantitative estimate of drug-likeness (QED) is 0.491. The number of hydrogen-bond acceptors (Lipinski definition) is 8. The normalized spacial score (nSPS) is 25.0. The second-order valence-electron chi connectivity index (χ2n) is 8.62. The summed E-state index contributed by atoms with van der Waals surface area (Å²) in [4.78, 5) is 26.1. The lowest BCUT2D eigenvalue weighted by atomic mass is 9.81. The zero-order valence-corrected chi connectivity index (χ0v) is 18.8. The first-order valence-corrected chi connectivity index (χ1v) is 11.1. The van der Waals surface area contributed by atoms with Crippen LogP contribution in [-0.4, -0.2) is 43.6 Å². The second kappa shape index (κ2) is 9.35. The first kappa shape index (κ1) is 23.0. The largest absolute Gasteiger partial charge is 0.386 e. The second-order valence-corrected chi connectivity index (χ2v) is 8.62.